The van der Waals surface area contributed by atoms with Gasteiger partial charge in [0.05, 0.1) is 6.61 Å². The van der Waals surface area contributed by atoms with E-state index in [4.69, 9.17) is 14.2 Å². The summed E-state index contributed by atoms with van der Waals surface area (Å²) in [5.41, 5.74) is 0. The number of esters is 2. The maximum atomic E-state index is 12.6. The zero-order valence-corrected chi connectivity index (χ0v) is 34.8. The lowest BCUT2D eigenvalue weighted by Gasteiger charge is -2.18. The van der Waals surface area contributed by atoms with Crippen LogP contribution in [0.2, 0.25) is 0 Å². The SMILES string of the molecule is CCC/C=C\C/C=C\CCCCCCCCOCC(COC(=O)CCCCCCC/C=C\CCCCCCCC)OC(=O)CCCCCCCCC. The molecule has 0 rings (SSSR count). The molecule has 0 aromatic rings. The summed E-state index contributed by atoms with van der Waals surface area (Å²) in [6.07, 6.45) is 50.0. The molecule has 52 heavy (non-hydrogen) atoms. The number of allylic oxidation sites excluding steroid dienone is 6. The van der Waals surface area contributed by atoms with Gasteiger partial charge in [0.15, 0.2) is 6.10 Å². The van der Waals surface area contributed by atoms with Gasteiger partial charge in [0.1, 0.15) is 6.61 Å². The van der Waals surface area contributed by atoms with Crippen molar-refractivity contribution in [3.63, 3.8) is 0 Å². The molecule has 0 aliphatic carbocycles. The van der Waals surface area contributed by atoms with E-state index in [2.05, 4.69) is 57.2 Å². The average Bonchev–Trinajstić information content (AvgIpc) is 3.14. The van der Waals surface area contributed by atoms with Crippen LogP contribution in [-0.4, -0.2) is 37.9 Å². The highest BCUT2D eigenvalue weighted by molar-refractivity contribution is 5.70. The fourth-order valence-corrected chi connectivity index (χ4v) is 6.25. The van der Waals surface area contributed by atoms with Gasteiger partial charge in [-0.15, -0.1) is 0 Å². The molecule has 304 valence electrons. The first-order valence-electron chi connectivity index (χ1n) is 22.5. The number of carbonyl (C=O) groups excluding carboxylic acids is 2. The molecule has 1 atom stereocenters. The van der Waals surface area contributed by atoms with Gasteiger partial charge in [-0.05, 0) is 70.6 Å². The quantitative estimate of drug-likeness (QED) is 0.0356. The molecule has 0 spiro atoms. The Morgan fingerprint density at radius 1 is 0.423 bits per heavy atom. The molecule has 0 N–H and O–H groups in total. The van der Waals surface area contributed by atoms with Gasteiger partial charge in [0.25, 0.3) is 0 Å². The second-order valence-electron chi connectivity index (χ2n) is 15.0. The van der Waals surface area contributed by atoms with Gasteiger partial charge in [-0.3, -0.25) is 9.59 Å². The van der Waals surface area contributed by atoms with Crippen LogP contribution in [0.3, 0.4) is 0 Å². The second kappa shape index (κ2) is 43.5. The molecule has 0 bridgehead atoms. The van der Waals surface area contributed by atoms with Crippen molar-refractivity contribution >= 4 is 11.9 Å². The predicted octanol–water partition coefficient (Wildman–Crippen LogP) is 14.7. The van der Waals surface area contributed by atoms with Crippen LogP contribution < -0.4 is 0 Å². The summed E-state index contributed by atoms with van der Waals surface area (Å²) < 4.78 is 17.2. The van der Waals surface area contributed by atoms with Crippen LogP contribution in [0.25, 0.3) is 0 Å². The van der Waals surface area contributed by atoms with Crippen LogP contribution in [0, 0.1) is 0 Å². The number of hydrogen-bond donors (Lipinski definition) is 0. The minimum Gasteiger partial charge on any atom is -0.462 e. The summed E-state index contributed by atoms with van der Waals surface area (Å²) in [5, 5.41) is 0. The average molecular weight is 731 g/mol. The van der Waals surface area contributed by atoms with Crippen LogP contribution >= 0.6 is 0 Å². The Kier molecular flexibility index (Phi) is 42.0. The van der Waals surface area contributed by atoms with E-state index in [9.17, 15) is 9.59 Å². The first-order chi connectivity index (χ1) is 25.6. The number of ether oxygens (including phenoxy) is 3. The summed E-state index contributed by atoms with van der Waals surface area (Å²) in [5.74, 6) is -0.414. The molecule has 0 fully saturated rings. The summed E-state index contributed by atoms with van der Waals surface area (Å²) in [6.45, 7) is 7.71. The van der Waals surface area contributed by atoms with Crippen molar-refractivity contribution in [3.8, 4) is 0 Å². The Labute approximate surface area is 323 Å². The molecule has 0 heterocycles. The molecule has 1 unspecified atom stereocenters. The van der Waals surface area contributed by atoms with Crippen molar-refractivity contribution in [1.82, 2.24) is 0 Å². The molecule has 0 saturated carbocycles. The topological polar surface area (TPSA) is 61.8 Å². The molecule has 0 aliphatic rings. The first-order valence-corrected chi connectivity index (χ1v) is 22.5. The number of rotatable bonds is 41. The van der Waals surface area contributed by atoms with Crippen molar-refractivity contribution in [1.29, 1.82) is 0 Å². The van der Waals surface area contributed by atoms with E-state index < -0.39 is 6.10 Å². The lowest BCUT2D eigenvalue weighted by Crippen LogP contribution is -2.30. The molecule has 0 radical (unpaired) electrons. The van der Waals surface area contributed by atoms with Crippen molar-refractivity contribution in [2.24, 2.45) is 0 Å². The highest BCUT2D eigenvalue weighted by Gasteiger charge is 2.17. The van der Waals surface area contributed by atoms with Crippen LogP contribution in [0.5, 0.6) is 0 Å². The van der Waals surface area contributed by atoms with Gasteiger partial charge in [-0.1, -0.05) is 179 Å². The molecule has 0 aliphatic heterocycles. The van der Waals surface area contributed by atoms with E-state index in [0.717, 1.165) is 57.8 Å². The number of carbonyl (C=O) groups is 2. The molecule has 5 heteroatoms. The fraction of sp³-hybridized carbons (Fsp3) is 0.830. The highest BCUT2D eigenvalue weighted by Crippen LogP contribution is 2.13. The maximum Gasteiger partial charge on any atom is 0.306 e. The van der Waals surface area contributed by atoms with E-state index in [1.54, 1.807) is 0 Å². The molecule has 0 saturated heterocycles. The van der Waals surface area contributed by atoms with Crippen LogP contribution in [0.4, 0.5) is 0 Å². The molecular weight excluding hydrogens is 645 g/mol. The van der Waals surface area contributed by atoms with E-state index in [1.807, 2.05) is 0 Å². The standard InChI is InChI=1S/C47H86O5/c1-4-7-10-13-16-18-20-22-24-25-27-29-32-34-37-40-46(48)51-44-45(52-47(49)41-38-35-31-15-12-9-6-3)43-50-42-39-36-33-30-28-26-23-21-19-17-14-11-8-5-2/h11,14,19,21-22,24,45H,4-10,12-13,15-18,20,23,25-44H2,1-3H3/b14-11-,21-19-,24-22-. The largest absolute Gasteiger partial charge is 0.462 e. The van der Waals surface area contributed by atoms with Crippen LogP contribution in [-0.2, 0) is 23.8 Å². The number of unbranched alkanes of at least 4 members (excludes halogenated alkanes) is 24. The summed E-state index contributed by atoms with van der Waals surface area (Å²) in [7, 11) is 0. The Bertz CT molecular complexity index is 832. The Morgan fingerprint density at radius 3 is 1.37 bits per heavy atom. The summed E-state index contributed by atoms with van der Waals surface area (Å²) in [6, 6.07) is 0. The smallest absolute Gasteiger partial charge is 0.306 e. The number of hydrogen-bond acceptors (Lipinski definition) is 5. The lowest BCUT2D eigenvalue weighted by atomic mass is 10.1. The van der Waals surface area contributed by atoms with Gasteiger partial charge < -0.3 is 14.2 Å². The fourth-order valence-electron chi connectivity index (χ4n) is 6.25. The van der Waals surface area contributed by atoms with Gasteiger partial charge >= 0.3 is 11.9 Å². The van der Waals surface area contributed by atoms with Crippen LogP contribution in [0.1, 0.15) is 226 Å². The third-order valence-electron chi connectivity index (χ3n) is 9.63. The third kappa shape index (κ3) is 40.9. The summed E-state index contributed by atoms with van der Waals surface area (Å²) in [4.78, 5) is 25.1. The van der Waals surface area contributed by atoms with Crippen molar-refractivity contribution in [2.45, 2.75) is 232 Å². The molecule has 0 aromatic heterocycles. The zero-order chi connectivity index (χ0) is 37.8. The van der Waals surface area contributed by atoms with Crippen molar-refractivity contribution < 1.29 is 23.8 Å². The molecule has 0 aromatic carbocycles. The first kappa shape index (κ1) is 50.1. The van der Waals surface area contributed by atoms with Gasteiger partial charge in [-0.2, -0.15) is 0 Å². The van der Waals surface area contributed by atoms with E-state index >= 15 is 0 Å². The highest BCUT2D eigenvalue weighted by atomic mass is 16.6. The minimum absolute atomic E-state index is 0.0795. The molecule has 0 amide bonds. The molecule has 5 nitrogen and oxygen atoms in total. The zero-order valence-electron chi connectivity index (χ0n) is 34.8. The summed E-state index contributed by atoms with van der Waals surface area (Å²) >= 11 is 0. The lowest BCUT2D eigenvalue weighted by molar-refractivity contribution is -0.163. The van der Waals surface area contributed by atoms with Gasteiger partial charge in [0.2, 0.25) is 0 Å². The normalized spacial score (nSPS) is 12.4. The van der Waals surface area contributed by atoms with E-state index in [0.29, 0.717) is 19.4 Å². The maximum absolute atomic E-state index is 12.6. The second-order valence-corrected chi connectivity index (χ2v) is 15.0. The van der Waals surface area contributed by atoms with E-state index in [-0.39, 0.29) is 25.2 Å². The van der Waals surface area contributed by atoms with Crippen molar-refractivity contribution in [3.05, 3.63) is 36.5 Å². The van der Waals surface area contributed by atoms with Crippen LogP contribution in [0.15, 0.2) is 36.5 Å². The monoisotopic (exact) mass is 731 g/mol. The Balaban J connectivity index is 4.17. The van der Waals surface area contributed by atoms with Gasteiger partial charge in [-0.25, -0.2) is 0 Å². The van der Waals surface area contributed by atoms with Crippen molar-refractivity contribution in [2.75, 3.05) is 19.8 Å². The Morgan fingerprint density at radius 2 is 0.846 bits per heavy atom. The molecular formula is C47H86O5. The third-order valence-corrected chi connectivity index (χ3v) is 9.63. The predicted molar refractivity (Wildman–Crippen MR) is 224 cm³/mol. The van der Waals surface area contributed by atoms with Gasteiger partial charge in [0, 0.05) is 19.4 Å². The van der Waals surface area contributed by atoms with E-state index in [1.165, 1.54) is 135 Å². The minimum atomic E-state index is -0.537. The Hall–Kier alpha value is -1.88.